The molecule has 0 atom stereocenters. The summed E-state index contributed by atoms with van der Waals surface area (Å²) in [5.41, 5.74) is 3.27. The van der Waals surface area contributed by atoms with Crippen molar-refractivity contribution in [2.45, 2.75) is 19.8 Å². The fraction of sp³-hybridized carbons (Fsp3) is 0.357. The Hall–Kier alpha value is -1.77. The molecule has 90 valence electrons. The molecule has 0 aromatic heterocycles. The summed E-state index contributed by atoms with van der Waals surface area (Å²) in [6.07, 6.45) is 3.55. The number of nitrogens with one attached hydrogen (secondary N) is 1. The predicted molar refractivity (Wildman–Crippen MR) is 68.8 cm³/mol. The Kier molecular flexibility index (Phi) is 3.81. The largest absolute Gasteiger partial charge is 0.463 e. The van der Waals surface area contributed by atoms with Gasteiger partial charge in [0.05, 0.1) is 6.61 Å². The summed E-state index contributed by atoms with van der Waals surface area (Å²) >= 11 is 0. The maximum atomic E-state index is 11.5. The Morgan fingerprint density at radius 3 is 3.12 bits per heavy atom. The molecule has 0 aliphatic carbocycles. The van der Waals surface area contributed by atoms with Crippen LogP contribution in [0.25, 0.3) is 5.57 Å². The van der Waals surface area contributed by atoms with Crippen molar-refractivity contribution in [1.82, 2.24) is 0 Å². The molecule has 0 amide bonds. The number of carbonyl (C=O) groups excluding carboxylic acids is 1. The van der Waals surface area contributed by atoms with Crippen LogP contribution in [0.5, 0.6) is 0 Å². The number of para-hydroxylation sites is 1. The van der Waals surface area contributed by atoms with Crippen LogP contribution in [-0.2, 0) is 9.53 Å². The molecule has 3 heteroatoms. The molecule has 1 aliphatic rings. The number of esters is 1. The van der Waals surface area contributed by atoms with Crippen LogP contribution in [0.4, 0.5) is 5.69 Å². The van der Waals surface area contributed by atoms with Gasteiger partial charge in [-0.1, -0.05) is 18.2 Å². The first-order valence-electron chi connectivity index (χ1n) is 6.02. The van der Waals surface area contributed by atoms with Crippen LogP contribution >= 0.6 is 0 Å². The summed E-state index contributed by atoms with van der Waals surface area (Å²) in [5, 5.41) is 3.37. The fourth-order valence-corrected chi connectivity index (χ4v) is 2.03. The molecule has 0 unspecified atom stereocenters. The van der Waals surface area contributed by atoms with Gasteiger partial charge in [0.15, 0.2) is 0 Å². The van der Waals surface area contributed by atoms with Crippen LogP contribution in [0.1, 0.15) is 25.3 Å². The van der Waals surface area contributed by atoms with Gasteiger partial charge < -0.3 is 10.1 Å². The average molecular weight is 231 g/mol. The molecule has 0 bridgehead atoms. The van der Waals surface area contributed by atoms with E-state index in [2.05, 4.69) is 5.32 Å². The number of benzene rings is 1. The number of fused-ring (bicyclic) bond motifs is 1. The lowest BCUT2D eigenvalue weighted by Crippen LogP contribution is -2.01. The van der Waals surface area contributed by atoms with Gasteiger partial charge in [0.2, 0.25) is 0 Å². The minimum Gasteiger partial charge on any atom is -0.463 e. The van der Waals surface area contributed by atoms with E-state index in [4.69, 9.17) is 4.74 Å². The molecule has 17 heavy (non-hydrogen) atoms. The Bertz CT molecular complexity index is 438. The zero-order valence-corrected chi connectivity index (χ0v) is 10.0. The van der Waals surface area contributed by atoms with Gasteiger partial charge in [-0.05, 0) is 31.4 Å². The topological polar surface area (TPSA) is 38.3 Å². The van der Waals surface area contributed by atoms with E-state index < -0.39 is 0 Å². The second-order valence-electron chi connectivity index (χ2n) is 4.00. The highest BCUT2D eigenvalue weighted by Gasteiger charge is 2.12. The zero-order valence-electron chi connectivity index (χ0n) is 10.0. The van der Waals surface area contributed by atoms with Crippen LogP contribution in [0.15, 0.2) is 30.3 Å². The molecule has 1 aromatic carbocycles. The lowest BCUT2D eigenvalue weighted by atomic mass is 10.0. The second kappa shape index (κ2) is 5.53. The van der Waals surface area contributed by atoms with E-state index in [1.807, 2.05) is 31.2 Å². The zero-order chi connectivity index (χ0) is 12.1. The first kappa shape index (κ1) is 11.7. The Morgan fingerprint density at radius 1 is 1.47 bits per heavy atom. The number of allylic oxidation sites excluding steroid dienone is 1. The first-order chi connectivity index (χ1) is 8.31. The Balaban J connectivity index is 2.31. The van der Waals surface area contributed by atoms with Gasteiger partial charge in [-0.3, -0.25) is 0 Å². The highest BCUT2D eigenvalue weighted by atomic mass is 16.5. The molecule has 1 N–H and O–H groups in total. The molecule has 3 nitrogen and oxygen atoms in total. The van der Waals surface area contributed by atoms with Gasteiger partial charge >= 0.3 is 5.97 Å². The van der Waals surface area contributed by atoms with Crippen molar-refractivity contribution in [3.63, 3.8) is 0 Å². The quantitative estimate of drug-likeness (QED) is 0.628. The molecule has 0 fully saturated rings. The van der Waals surface area contributed by atoms with Crippen LogP contribution in [0, 0.1) is 0 Å². The van der Waals surface area contributed by atoms with Crippen molar-refractivity contribution < 1.29 is 9.53 Å². The van der Waals surface area contributed by atoms with E-state index in [1.165, 1.54) is 0 Å². The predicted octanol–water partition coefficient (Wildman–Crippen LogP) is 2.84. The lowest BCUT2D eigenvalue weighted by molar-refractivity contribution is -0.137. The van der Waals surface area contributed by atoms with Crippen molar-refractivity contribution in [3.8, 4) is 0 Å². The second-order valence-corrected chi connectivity index (χ2v) is 4.00. The van der Waals surface area contributed by atoms with Crippen molar-refractivity contribution in [2.75, 3.05) is 18.5 Å². The Morgan fingerprint density at radius 2 is 2.29 bits per heavy atom. The monoisotopic (exact) mass is 231 g/mol. The number of anilines is 1. The fourth-order valence-electron chi connectivity index (χ4n) is 2.03. The highest BCUT2D eigenvalue weighted by Crippen LogP contribution is 2.29. The third kappa shape index (κ3) is 2.87. The standard InChI is InChI=1S/C14H17NO2/c1-2-17-14(16)10-11-6-5-9-15-13-8-4-3-7-12(11)13/h3-4,7-8,10,15H,2,5-6,9H2,1H3/b11-10-. The van der Waals surface area contributed by atoms with Gasteiger partial charge in [-0.25, -0.2) is 4.79 Å². The summed E-state index contributed by atoms with van der Waals surface area (Å²) < 4.78 is 4.96. The number of hydrogen-bond acceptors (Lipinski definition) is 3. The van der Waals surface area contributed by atoms with Crippen LogP contribution in [0.2, 0.25) is 0 Å². The SMILES string of the molecule is CCOC(=O)/C=C1/CCCNc2ccccc21. The summed E-state index contributed by atoms with van der Waals surface area (Å²) in [4.78, 5) is 11.5. The van der Waals surface area contributed by atoms with Crippen LogP contribution < -0.4 is 5.32 Å². The molecular weight excluding hydrogens is 214 g/mol. The van der Waals surface area contributed by atoms with E-state index in [0.717, 1.165) is 36.2 Å². The molecule has 0 saturated heterocycles. The molecule has 0 saturated carbocycles. The van der Waals surface area contributed by atoms with E-state index in [1.54, 1.807) is 6.08 Å². The third-order valence-corrected chi connectivity index (χ3v) is 2.79. The molecular formula is C14H17NO2. The van der Waals surface area contributed by atoms with Crippen molar-refractivity contribution in [1.29, 1.82) is 0 Å². The molecule has 0 spiro atoms. The van der Waals surface area contributed by atoms with Crippen LogP contribution in [0.3, 0.4) is 0 Å². The highest BCUT2D eigenvalue weighted by molar-refractivity contribution is 5.93. The van der Waals surface area contributed by atoms with Crippen molar-refractivity contribution in [3.05, 3.63) is 35.9 Å². The lowest BCUT2D eigenvalue weighted by Gasteiger charge is -2.08. The van der Waals surface area contributed by atoms with Crippen molar-refractivity contribution >= 4 is 17.2 Å². The summed E-state index contributed by atoms with van der Waals surface area (Å²) in [6.45, 7) is 3.18. The normalized spacial score (nSPS) is 16.9. The number of hydrogen-bond donors (Lipinski definition) is 1. The Labute approximate surface area is 101 Å². The van der Waals surface area contributed by atoms with E-state index >= 15 is 0 Å². The van der Waals surface area contributed by atoms with Gasteiger partial charge in [0, 0.05) is 23.9 Å². The van der Waals surface area contributed by atoms with Gasteiger partial charge in [-0.15, -0.1) is 0 Å². The van der Waals surface area contributed by atoms with E-state index in [0.29, 0.717) is 6.61 Å². The number of rotatable bonds is 2. The molecule has 2 rings (SSSR count). The molecule has 1 aromatic rings. The number of ether oxygens (including phenoxy) is 1. The third-order valence-electron chi connectivity index (χ3n) is 2.79. The number of carbonyl (C=O) groups is 1. The summed E-state index contributed by atoms with van der Waals surface area (Å²) in [7, 11) is 0. The smallest absolute Gasteiger partial charge is 0.331 e. The maximum absolute atomic E-state index is 11.5. The average Bonchev–Trinajstić information content (AvgIpc) is 2.53. The molecule has 0 radical (unpaired) electrons. The summed E-state index contributed by atoms with van der Waals surface area (Å²) in [6, 6.07) is 8.07. The van der Waals surface area contributed by atoms with Gasteiger partial charge in [0.1, 0.15) is 0 Å². The minimum absolute atomic E-state index is 0.251. The molecule has 1 heterocycles. The maximum Gasteiger partial charge on any atom is 0.331 e. The van der Waals surface area contributed by atoms with Gasteiger partial charge in [-0.2, -0.15) is 0 Å². The van der Waals surface area contributed by atoms with Crippen molar-refractivity contribution in [2.24, 2.45) is 0 Å². The minimum atomic E-state index is -0.251. The summed E-state index contributed by atoms with van der Waals surface area (Å²) in [5.74, 6) is -0.251. The van der Waals surface area contributed by atoms with E-state index in [-0.39, 0.29) is 5.97 Å². The molecule has 1 aliphatic heterocycles. The van der Waals surface area contributed by atoms with E-state index in [9.17, 15) is 4.79 Å². The van der Waals surface area contributed by atoms with Crippen LogP contribution in [-0.4, -0.2) is 19.1 Å². The first-order valence-corrected chi connectivity index (χ1v) is 6.02. The van der Waals surface area contributed by atoms with Gasteiger partial charge in [0.25, 0.3) is 0 Å².